The number of hydrogen-bond donors (Lipinski definition) is 1. The van der Waals surface area contributed by atoms with Crippen LogP contribution in [0.2, 0.25) is 0 Å². The molecule has 0 unspecified atom stereocenters. The summed E-state index contributed by atoms with van der Waals surface area (Å²) >= 11 is 0. The van der Waals surface area contributed by atoms with Gasteiger partial charge in [0.15, 0.2) is 0 Å². The van der Waals surface area contributed by atoms with Gasteiger partial charge in [-0.15, -0.1) is 0 Å². The van der Waals surface area contributed by atoms with E-state index >= 15 is 0 Å². The SMILES string of the molecule is CCCCCCCC/C=C\CCCCCCCC(=O)NCCOCCOCCOCCC(=O)OC(C)(C)C. The molecule has 0 spiro atoms. The van der Waals surface area contributed by atoms with Crippen LogP contribution in [0.3, 0.4) is 0 Å². The summed E-state index contributed by atoms with van der Waals surface area (Å²) in [5.41, 5.74) is -0.465. The van der Waals surface area contributed by atoms with Crippen molar-refractivity contribution in [2.75, 3.05) is 46.2 Å². The first-order valence-corrected chi connectivity index (χ1v) is 15.2. The summed E-state index contributed by atoms with van der Waals surface area (Å²) in [5.74, 6) is -0.155. The molecule has 0 saturated carbocycles. The van der Waals surface area contributed by atoms with Crippen LogP contribution in [-0.4, -0.2) is 63.7 Å². The number of rotatable bonds is 27. The van der Waals surface area contributed by atoms with Crippen molar-refractivity contribution >= 4 is 11.9 Å². The van der Waals surface area contributed by atoms with E-state index < -0.39 is 5.60 Å². The van der Waals surface area contributed by atoms with Gasteiger partial charge < -0.3 is 24.3 Å². The van der Waals surface area contributed by atoms with Gasteiger partial charge in [0.05, 0.1) is 46.1 Å². The van der Waals surface area contributed by atoms with Crippen LogP contribution in [0.25, 0.3) is 0 Å². The molecule has 0 aromatic carbocycles. The summed E-state index contributed by atoms with van der Waals surface area (Å²) < 4.78 is 21.5. The smallest absolute Gasteiger partial charge is 0.308 e. The van der Waals surface area contributed by atoms with E-state index in [9.17, 15) is 9.59 Å². The fraction of sp³-hybridized carbons (Fsp3) is 0.871. The topological polar surface area (TPSA) is 83.1 Å². The van der Waals surface area contributed by atoms with E-state index in [1.54, 1.807) is 0 Å². The average Bonchev–Trinajstić information content (AvgIpc) is 2.86. The van der Waals surface area contributed by atoms with Gasteiger partial charge in [0.25, 0.3) is 0 Å². The lowest BCUT2D eigenvalue weighted by molar-refractivity contribution is -0.156. The minimum absolute atomic E-state index is 0.103. The van der Waals surface area contributed by atoms with Gasteiger partial charge in [0, 0.05) is 13.0 Å². The molecular weight excluding hydrogens is 482 g/mol. The van der Waals surface area contributed by atoms with Crippen LogP contribution in [0.5, 0.6) is 0 Å². The first kappa shape index (κ1) is 36.6. The van der Waals surface area contributed by atoms with E-state index in [0.717, 1.165) is 12.8 Å². The van der Waals surface area contributed by atoms with Gasteiger partial charge in [0.1, 0.15) is 5.60 Å². The number of carbonyl (C=O) groups is 2. The Morgan fingerprint density at radius 1 is 0.632 bits per heavy atom. The second kappa shape index (κ2) is 27.1. The van der Waals surface area contributed by atoms with Crippen LogP contribution in [0.15, 0.2) is 12.2 Å². The standard InChI is InChI=1S/C31H59NO6/c1-5-6-7-8-9-10-11-12-13-14-15-16-17-18-19-20-29(33)32-22-24-36-26-28-37-27-25-35-23-21-30(34)38-31(2,3)4/h12-13H,5-11,14-28H2,1-4H3,(H,32,33)/b13-12-. The Hall–Kier alpha value is -1.44. The van der Waals surface area contributed by atoms with Crippen LogP contribution >= 0.6 is 0 Å². The molecule has 38 heavy (non-hydrogen) atoms. The summed E-state index contributed by atoms with van der Waals surface area (Å²) in [6.45, 7) is 10.9. The molecule has 224 valence electrons. The largest absolute Gasteiger partial charge is 0.460 e. The maximum Gasteiger partial charge on any atom is 0.308 e. The van der Waals surface area contributed by atoms with Crippen molar-refractivity contribution < 1.29 is 28.5 Å². The average molecular weight is 542 g/mol. The van der Waals surface area contributed by atoms with Crippen molar-refractivity contribution in [3.05, 3.63) is 12.2 Å². The lowest BCUT2D eigenvalue weighted by Gasteiger charge is -2.19. The third-order valence-corrected chi connectivity index (χ3v) is 5.85. The van der Waals surface area contributed by atoms with Crippen molar-refractivity contribution in [1.29, 1.82) is 0 Å². The first-order valence-electron chi connectivity index (χ1n) is 15.2. The summed E-state index contributed by atoms with van der Waals surface area (Å²) in [6, 6.07) is 0. The van der Waals surface area contributed by atoms with Crippen LogP contribution in [0.1, 0.15) is 124 Å². The van der Waals surface area contributed by atoms with E-state index in [2.05, 4.69) is 24.4 Å². The molecule has 0 aliphatic rings. The van der Waals surface area contributed by atoms with Crippen molar-refractivity contribution in [3.63, 3.8) is 0 Å². The van der Waals surface area contributed by atoms with Crippen molar-refractivity contribution in [1.82, 2.24) is 5.32 Å². The quantitative estimate of drug-likeness (QED) is 0.0690. The summed E-state index contributed by atoms with van der Waals surface area (Å²) in [7, 11) is 0. The van der Waals surface area contributed by atoms with Gasteiger partial charge in [-0.05, 0) is 52.9 Å². The van der Waals surface area contributed by atoms with Gasteiger partial charge in [-0.3, -0.25) is 9.59 Å². The Labute approximate surface area is 233 Å². The van der Waals surface area contributed by atoms with Crippen LogP contribution in [0, 0.1) is 0 Å². The molecule has 7 nitrogen and oxygen atoms in total. The minimum Gasteiger partial charge on any atom is -0.460 e. The monoisotopic (exact) mass is 541 g/mol. The molecule has 1 N–H and O–H groups in total. The van der Waals surface area contributed by atoms with Gasteiger partial charge >= 0.3 is 5.97 Å². The third kappa shape index (κ3) is 30.8. The molecule has 0 fully saturated rings. The number of amides is 1. The summed E-state index contributed by atoms with van der Waals surface area (Å²) in [4.78, 5) is 23.5. The predicted octanol–water partition coefficient (Wildman–Crippen LogP) is 6.92. The number of carbonyl (C=O) groups excluding carboxylic acids is 2. The number of unbranched alkanes of at least 4 members (excludes halogenated alkanes) is 11. The van der Waals surface area contributed by atoms with Crippen molar-refractivity contribution in [2.24, 2.45) is 0 Å². The Bertz CT molecular complexity index is 573. The highest BCUT2D eigenvalue weighted by Crippen LogP contribution is 2.10. The molecule has 0 radical (unpaired) electrons. The van der Waals surface area contributed by atoms with Gasteiger partial charge in [-0.25, -0.2) is 0 Å². The van der Waals surface area contributed by atoms with E-state index in [-0.39, 0.29) is 18.3 Å². The van der Waals surface area contributed by atoms with E-state index in [1.165, 1.54) is 70.6 Å². The molecule has 0 heterocycles. The number of ether oxygens (including phenoxy) is 4. The number of nitrogens with one attached hydrogen (secondary N) is 1. The second-order valence-corrected chi connectivity index (χ2v) is 10.9. The first-order chi connectivity index (χ1) is 18.3. The minimum atomic E-state index is -0.465. The van der Waals surface area contributed by atoms with Gasteiger partial charge in [0.2, 0.25) is 5.91 Å². The molecule has 0 bridgehead atoms. The molecule has 0 rings (SSSR count). The summed E-state index contributed by atoms with van der Waals surface area (Å²) in [6.07, 6.45) is 21.9. The lowest BCUT2D eigenvalue weighted by atomic mass is 10.1. The highest BCUT2D eigenvalue weighted by molar-refractivity contribution is 5.75. The zero-order valence-electron chi connectivity index (χ0n) is 25.2. The summed E-state index contributed by atoms with van der Waals surface area (Å²) in [5, 5.41) is 2.91. The Kier molecular flexibility index (Phi) is 26.1. The molecule has 0 aromatic rings. The van der Waals surface area contributed by atoms with Crippen LogP contribution < -0.4 is 5.32 Å². The molecular formula is C31H59NO6. The fourth-order valence-corrected chi connectivity index (χ4v) is 3.80. The maximum atomic E-state index is 11.9. The normalized spacial score (nSPS) is 11.8. The maximum absolute atomic E-state index is 11.9. The van der Waals surface area contributed by atoms with Crippen LogP contribution in [-0.2, 0) is 28.5 Å². The molecule has 0 atom stereocenters. The van der Waals surface area contributed by atoms with Crippen LogP contribution in [0.4, 0.5) is 0 Å². The molecule has 7 heteroatoms. The Morgan fingerprint density at radius 3 is 1.71 bits per heavy atom. The van der Waals surface area contributed by atoms with E-state index in [0.29, 0.717) is 52.6 Å². The van der Waals surface area contributed by atoms with Crippen molar-refractivity contribution in [2.45, 2.75) is 130 Å². The molecule has 0 aromatic heterocycles. The third-order valence-electron chi connectivity index (χ3n) is 5.85. The number of esters is 1. The van der Waals surface area contributed by atoms with Gasteiger partial charge in [-0.2, -0.15) is 0 Å². The molecule has 0 saturated heterocycles. The molecule has 1 amide bonds. The Balaban J connectivity index is 3.27. The highest BCUT2D eigenvalue weighted by Gasteiger charge is 2.15. The zero-order valence-corrected chi connectivity index (χ0v) is 25.2. The lowest BCUT2D eigenvalue weighted by Crippen LogP contribution is -2.27. The van der Waals surface area contributed by atoms with E-state index in [4.69, 9.17) is 18.9 Å². The van der Waals surface area contributed by atoms with Gasteiger partial charge in [-0.1, -0.05) is 70.4 Å². The van der Waals surface area contributed by atoms with E-state index in [1.807, 2.05) is 20.8 Å². The second-order valence-electron chi connectivity index (χ2n) is 10.9. The highest BCUT2D eigenvalue weighted by atomic mass is 16.6. The number of allylic oxidation sites excluding steroid dienone is 2. The molecule has 0 aliphatic heterocycles. The predicted molar refractivity (Wildman–Crippen MR) is 155 cm³/mol. The zero-order chi connectivity index (χ0) is 28.2. The number of hydrogen-bond acceptors (Lipinski definition) is 6. The van der Waals surface area contributed by atoms with Crippen molar-refractivity contribution in [3.8, 4) is 0 Å². The Morgan fingerprint density at radius 2 is 1.13 bits per heavy atom. The fourth-order valence-electron chi connectivity index (χ4n) is 3.80. The molecule has 0 aliphatic carbocycles.